The maximum absolute atomic E-state index is 12.2. The fraction of sp³-hybridized carbons (Fsp3) is 0.438. The van der Waals surface area contributed by atoms with Gasteiger partial charge in [-0.1, -0.05) is 37.3 Å². The summed E-state index contributed by atoms with van der Waals surface area (Å²) >= 11 is 0. The summed E-state index contributed by atoms with van der Waals surface area (Å²) in [5.41, 5.74) is 1.07. The van der Waals surface area contributed by atoms with Crippen molar-refractivity contribution in [2.45, 2.75) is 39.0 Å². The van der Waals surface area contributed by atoms with Crippen molar-refractivity contribution >= 4 is 5.97 Å². The van der Waals surface area contributed by atoms with Gasteiger partial charge in [0.15, 0.2) is 5.82 Å². The van der Waals surface area contributed by atoms with E-state index in [1.807, 2.05) is 30.3 Å². The van der Waals surface area contributed by atoms with E-state index in [-0.39, 0.29) is 5.97 Å². The van der Waals surface area contributed by atoms with E-state index in [0.29, 0.717) is 18.9 Å². The van der Waals surface area contributed by atoms with Gasteiger partial charge in [0.1, 0.15) is 11.7 Å². The van der Waals surface area contributed by atoms with Gasteiger partial charge < -0.3 is 4.74 Å². The van der Waals surface area contributed by atoms with Crippen LogP contribution in [0.15, 0.2) is 30.3 Å². The van der Waals surface area contributed by atoms with Crippen molar-refractivity contribution in [1.29, 1.82) is 0 Å². The summed E-state index contributed by atoms with van der Waals surface area (Å²) in [4.78, 5) is 16.6. The number of nitrogens with one attached hydrogen (secondary N) is 1. The maximum Gasteiger partial charge on any atom is 0.317 e. The van der Waals surface area contributed by atoms with E-state index < -0.39 is 5.92 Å². The molecule has 0 radical (unpaired) electrons. The molecule has 2 rings (SSSR count). The highest BCUT2D eigenvalue weighted by molar-refractivity contribution is 5.77. The molecule has 0 amide bonds. The Kier molecular flexibility index (Phi) is 5.49. The molecular weight excluding hydrogens is 266 g/mol. The first-order valence-electron chi connectivity index (χ1n) is 7.36. The van der Waals surface area contributed by atoms with Crippen molar-refractivity contribution in [2.75, 3.05) is 6.61 Å². The van der Waals surface area contributed by atoms with Gasteiger partial charge in [-0.2, -0.15) is 5.10 Å². The molecule has 0 aliphatic heterocycles. The molecule has 0 aliphatic carbocycles. The Balaban J connectivity index is 2.20. The minimum Gasteiger partial charge on any atom is -0.465 e. The molecule has 2 aromatic rings. The van der Waals surface area contributed by atoms with Gasteiger partial charge in [0, 0.05) is 6.42 Å². The van der Waals surface area contributed by atoms with Gasteiger partial charge >= 0.3 is 5.97 Å². The van der Waals surface area contributed by atoms with Crippen LogP contribution in [-0.4, -0.2) is 27.8 Å². The van der Waals surface area contributed by atoms with Crippen molar-refractivity contribution < 1.29 is 9.53 Å². The van der Waals surface area contributed by atoms with Crippen molar-refractivity contribution in [3.8, 4) is 0 Å². The lowest BCUT2D eigenvalue weighted by Crippen LogP contribution is -2.19. The molecule has 5 heteroatoms. The van der Waals surface area contributed by atoms with Crippen LogP contribution in [0.25, 0.3) is 0 Å². The summed E-state index contributed by atoms with van der Waals surface area (Å²) in [7, 11) is 0. The number of hydrogen-bond donors (Lipinski definition) is 1. The maximum atomic E-state index is 12.2. The van der Waals surface area contributed by atoms with Crippen LogP contribution in [0, 0.1) is 0 Å². The SMILES string of the molecule is CCCc1nc(C(Cc2ccccc2)C(=O)OCC)n[nH]1. The molecule has 1 aromatic heterocycles. The number of aromatic amines is 1. The molecule has 0 aliphatic rings. The van der Waals surface area contributed by atoms with Gasteiger partial charge in [-0.15, -0.1) is 0 Å². The van der Waals surface area contributed by atoms with Crippen LogP contribution in [0.4, 0.5) is 0 Å². The first-order chi connectivity index (χ1) is 10.2. The van der Waals surface area contributed by atoms with E-state index >= 15 is 0 Å². The molecule has 0 spiro atoms. The highest BCUT2D eigenvalue weighted by Gasteiger charge is 2.26. The zero-order chi connectivity index (χ0) is 15.1. The summed E-state index contributed by atoms with van der Waals surface area (Å²) in [6, 6.07) is 9.85. The normalized spacial score (nSPS) is 12.1. The van der Waals surface area contributed by atoms with Crippen LogP contribution in [-0.2, 0) is 22.4 Å². The summed E-state index contributed by atoms with van der Waals surface area (Å²) in [5, 5.41) is 7.10. The third-order valence-electron chi connectivity index (χ3n) is 3.20. The summed E-state index contributed by atoms with van der Waals surface area (Å²) in [6.07, 6.45) is 2.36. The van der Waals surface area contributed by atoms with Crippen LogP contribution >= 0.6 is 0 Å². The number of nitrogens with zero attached hydrogens (tertiary/aromatic N) is 2. The fourth-order valence-electron chi connectivity index (χ4n) is 2.19. The number of esters is 1. The Bertz CT molecular complexity index is 566. The minimum atomic E-state index is -0.464. The summed E-state index contributed by atoms with van der Waals surface area (Å²) in [6.45, 7) is 4.24. The Morgan fingerprint density at radius 3 is 2.71 bits per heavy atom. The van der Waals surface area contributed by atoms with Crippen LogP contribution in [0.1, 0.15) is 43.4 Å². The monoisotopic (exact) mass is 287 g/mol. The Labute approximate surface area is 124 Å². The molecule has 1 heterocycles. The second-order valence-corrected chi connectivity index (χ2v) is 4.88. The van der Waals surface area contributed by atoms with E-state index in [4.69, 9.17) is 4.74 Å². The molecule has 0 saturated heterocycles. The predicted octanol–water partition coefficient (Wildman–Crippen LogP) is 2.65. The molecular formula is C16H21N3O2. The van der Waals surface area contributed by atoms with E-state index in [1.165, 1.54) is 0 Å². The Morgan fingerprint density at radius 1 is 1.29 bits per heavy atom. The molecule has 112 valence electrons. The third kappa shape index (κ3) is 4.15. The Morgan fingerprint density at radius 2 is 2.05 bits per heavy atom. The number of hydrogen-bond acceptors (Lipinski definition) is 4. The number of H-pyrrole nitrogens is 1. The van der Waals surface area contributed by atoms with Crippen LogP contribution < -0.4 is 0 Å². The van der Waals surface area contributed by atoms with Crippen molar-refractivity contribution in [3.63, 3.8) is 0 Å². The third-order valence-corrected chi connectivity index (χ3v) is 3.20. The fourth-order valence-corrected chi connectivity index (χ4v) is 2.19. The first-order valence-corrected chi connectivity index (χ1v) is 7.36. The highest BCUT2D eigenvalue weighted by atomic mass is 16.5. The lowest BCUT2D eigenvalue weighted by Gasteiger charge is -2.12. The van der Waals surface area contributed by atoms with Crippen molar-refractivity contribution in [1.82, 2.24) is 15.2 Å². The lowest BCUT2D eigenvalue weighted by atomic mass is 9.99. The van der Waals surface area contributed by atoms with Gasteiger partial charge in [0.05, 0.1) is 6.61 Å². The largest absolute Gasteiger partial charge is 0.465 e. The summed E-state index contributed by atoms with van der Waals surface area (Å²) < 4.78 is 5.17. The average molecular weight is 287 g/mol. The van der Waals surface area contributed by atoms with Gasteiger partial charge in [-0.3, -0.25) is 9.89 Å². The molecule has 1 N–H and O–H groups in total. The van der Waals surface area contributed by atoms with Crippen LogP contribution in [0.5, 0.6) is 0 Å². The van der Waals surface area contributed by atoms with Crippen molar-refractivity contribution in [3.05, 3.63) is 47.5 Å². The number of carbonyl (C=O) groups is 1. The van der Waals surface area contributed by atoms with Gasteiger partial charge in [-0.05, 0) is 25.3 Å². The van der Waals surface area contributed by atoms with Gasteiger partial charge in [-0.25, -0.2) is 4.98 Å². The zero-order valence-electron chi connectivity index (χ0n) is 12.5. The topological polar surface area (TPSA) is 67.9 Å². The second-order valence-electron chi connectivity index (χ2n) is 4.88. The van der Waals surface area contributed by atoms with E-state index in [1.54, 1.807) is 6.92 Å². The lowest BCUT2D eigenvalue weighted by molar-refractivity contribution is -0.145. The standard InChI is InChI=1S/C16H21N3O2/c1-3-8-14-17-15(19-18-14)13(16(20)21-4-2)11-12-9-6-5-7-10-12/h5-7,9-10,13H,3-4,8,11H2,1-2H3,(H,17,18,19). The molecule has 21 heavy (non-hydrogen) atoms. The number of benzene rings is 1. The molecule has 0 fully saturated rings. The molecule has 0 bridgehead atoms. The van der Waals surface area contributed by atoms with Crippen molar-refractivity contribution in [2.24, 2.45) is 0 Å². The predicted molar refractivity (Wildman–Crippen MR) is 79.9 cm³/mol. The number of ether oxygens (including phenoxy) is 1. The van der Waals surface area contributed by atoms with E-state index in [2.05, 4.69) is 22.1 Å². The molecule has 5 nitrogen and oxygen atoms in total. The first kappa shape index (κ1) is 15.2. The summed E-state index contributed by atoms with van der Waals surface area (Å²) in [5.74, 6) is 0.591. The molecule has 0 saturated carbocycles. The Hall–Kier alpha value is -2.17. The number of carbonyl (C=O) groups excluding carboxylic acids is 1. The van der Waals surface area contributed by atoms with Gasteiger partial charge in [0.25, 0.3) is 0 Å². The molecule has 1 atom stereocenters. The number of rotatable bonds is 7. The average Bonchev–Trinajstić information content (AvgIpc) is 2.95. The molecule has 1 aromatic carbocycles. The zero-order valence-corrected chi connectivity index (χ0v) is 12.5. The smallest absolute Gasteiger partial charge is 0.317 e. The number of aryl methyl sites for hydroxylation is 1. The highest BCUT2D eigenvalue weighted by Crippen LogP contribution is 2.20. The van der Waals surface area contributed by atoms with Crippen LogP contribution in [0.3, 0.4) is 0 Å². The number of aromatic nitrogens is 3. The molecule has 1 unspecified atom stereocenters. The van der Waals surface area contributed by atoms with E-state index in [9.17, 15) is 4.79 Å². The van der Waals surface area contributed by atoms with Crippen LogP contribution in [0.2, 0.25) is 0 Å². The van der Waals surface area contributed by atoms with Gasteiger partial charge in [0.2, 0.25) is 0 Å². The quantitative estimate of drug-likeness (QED) is 0.795. The van der Waals surface area contributed by atoms with E-state index in [0.717, 1.165) is 24.2 Å². The second kappa shape index (κ2) is 7.57. The minimum absolute atomic E-state index is 0.275.